The summed E-state index contributed by atoms with van der Waals surface area (Å²) in [6.07, 6.45) is 9.16. The van der Waals surface area contributed by atoms with Crippen LogP contribution in [-0.2, 0) is 6.42 Å². The number of para-hydroxylation sites is 1. The molecule has 0 radical (unpaired) electrons. The van der Waals surface area contributed by atoms with Crippen molar-refractivity contribution in [3.63, 3.8) is 0 Å². The van der Waals surface area contributed by atoms with Crippen LogP contribution in [0.15, 0.2) is 42.0 Å². The molecule has 2 aromatic rings. The molecule has 0 fully saturated rings. The van der Waals surface area contributed by atoms with Gasteiger partial charge in [-0.05, 0) is 57.1 Å². The second-order valence-electron chi connectivity index (χ2n) is 7.30. The zero-order valence-corrected chi connectivity index (χ0v) is 15.9. The lowest BCUT2D eigenvalue weighted by Gasteiger charge is -2.19. The molecule has 1 aromatic carbocycles. The number of rotatable bonds is 5. The number of anilines is 2. The van der Waals surface area contributed by atoms with Crippen LogP contribution in [0.4, 0.5) is 11.5 Å². The van der Waals surface area contributed by atoms with Crippen LogP contribution in [0.25, 0.3) is 0 Å². The first-order valence-electron chi connectivity index (χ1n) is 9.88. The van der Waals surface area contributed by atoms with Crippen molar-refractivity contribution in [1.29, 1.82) is 0 Å². The Hall–Kier alpha value is -2.69. The average molecular weight is 362 g/mol. The quantitative estimate of drug-likeness (QED) is 0.814. The van der Waals surface area contributed by atoms with E-state index >= 15 is 0 Å². The minimum atomic E-state index is -0.120. The third kappa shape index (κ3) is 4.02. The summed E-state index contributed by atoms with van der Waals surface area (Å²) in [7, 11) is 0. The lowest BCUT2D eigenvalue weighted by Crippen LogP contribution is -2.27. The van der Waals surface area contributed by atoms with E-state index in [0.29, 0.717) is 18.1 Å². The second-order valence-corrected chi connectivity index (χ2v) is 7.30. The lowest BCUT2D eigenvalue weighted by molar-refractivity contribution is 0.0948. The highest BCUT2D eigenvalue weighted by atomic mass is 16.1. The van der Waals surface area contributed by atoms with Gasteiger partial charge in [-0.2, -0.15) is 0 Å². The summed E-state index contributed by atoms with van der Waals surface area (Å²) in [5, 5.41) is 3.02. The fourth-order valence-electron chi connectivity index (χ4n) is 3.94. The highest BCUT2D eigenvalue weighted by Gasteiger charge is 2.22. The number of carbonyl (C=O) groups excluding carboxylic acids is 1. The van der Waals surface area contributed by atoms with E-state index in [2.05, 4.69) is 44.5 Å². The van der Waals surface area contributed by atoms with Crippen molar-refractivity contribution in [3.8, 4) is 0 Å². The van der Waals surface area contributed by atoms with Crippen molar-refractivity contribution >= 4 is 17.4 Å². The molecule has 0 spiro atoms. The van der Waals surface area contributed by atoms with Crippen LogP contribution in [0.3, 0.4) is 0 Å². The molecule has 1 amide bonds. The molecule has 1 aliphatic carbocycles. The van der Waals surface area contributed by atoms with Crippen molar-refractivity contribution in [2.45, 2.75) is 45.4 Å². The van der Waals surface area contributed by atoms with Crippen molar-refractivity contribution in [2.24, 2.45) is 0 Å². The number of allylic oxidation sites excluding steroid dienone is 1. The predicted octanol–water partition coefficient (Wildman–Crippen LogP) is 4.10. The summed E-state index contributed by atoms with van der Waals surface area (Å²) >= 11 is 0. The fourth-order valence-corrected chi connectivity index (χ4v) is 3.94. The molecule has 1 aromatic heterocycles. The minimum Gasteiger partial charge on any atom is -0.350 e. The van der Waals surface area contributed by atoms with Crippen LogP contribution in [0.2, 0.25) is 0 Å². The third-order valence-corrected chi connectivity index (χ3v) is 5.34. The SMILES string of the molecule is Cc1nc(C(=O)NCCC2=CCCCC2)cc(N2CCc3ccccc32)n1. The van der Waals surface area contributed by atoms with Gasteiger partial charge >= 0.3 is 0 Å². The first kappa shape index (κ1) is 17.7. The van der Waals surface area contributed by atoms with Crippen molar-refractivity contribution in [1.82, 2.24) is 15.3 Å². The number of nitrogens with zero attached hydrogens (tertiary/aromatic N) is 3. The van der Waals surface area contributed by atoms with Crippen LogP contribution in [0, 0.1) is 6.92 Å². The number of hydrogen-bond acceptors (Lipinski definition) is 4. The Morgan fingerprint density at radius 3 is 2.93 bits per heavy atom. The van der Waals surface area contributed by atoms with Gasteiger partial charge in [0.05, 0.1) is 0 Å². The number of carbonyl (C=O) groups is 1. The topological polar surface area (TPSA) is 58.1 Å². The number of amides is 1. The Morgan fingerprint density at radius 1 is 1.19 bits per heavy atom. The van der Waals surface area contributed by atoms with Gasteiger partial charge in [-0.1, -0.05) is 29.8 Å². The molecule has 0 saturated carbocycles. The van der Waals surface area contributed by atoms with Gasteiger partial charge in [0, 0.05) is 24.8 Å². The van der Waals surface area contributed by atoms with E-state index in [0.717, 1.165) is 25.2 Å². The molecule has 1 aliphatic heterocycles. The van der Waals surface area contributed by atoms with Crippen molar-refractivity contribution < 1.29 is 4.79 Å². The molecule has 1 N–H and O–H groups in total. The van der Waals surface area contributed by atoms with Crippen LogP contribution in [0.1, 0.15) is 54.0 Å². The second kappa shape index (κ2) is 7.91. The number of hydrogen-bond donors (Lipinski definition) is 1. The summed E-state index contributed by atoms with van der Waals surface area (Å²) in [6.45, 7) is 3.38. The highest BCUT2D eigenvalue weighted by molar-refractivity contribution is 5.93. The molecule has 0 unspecified atom stereocenters. The molecule has 4 rings (SSSR count). The van der Waals surface area contributed by atoms with Gasteiger partial charge in [-0.3, -0.25) is 4.79 Å². The summed E-state index contributed by atoms with van der Waals surface area (Å²) < 4.78 is 0. The molecule has 5 nitrogen and oxygen atoms in total. The van der Waals surface area contributed by atoms with Crippen molar-refractivity contribution in [3.05, 3.63) is 59.1 Å². The van der Waals surface area contributed by atoms with E-state index in [1.54, 1.807) is 0 Å². The number of aryl methyl sites for hydroxylation is 1. The maximum Gasteiger partial charge on any atom is 0.270 e. The van der Waals surface area contributed by atoms with E-state index < -0.39 is 0 Å². The molecule has 2 heterocycles. The first-order valence-corrected chi connectivity index (χ1v) is 9.88. The first-order chi connectivity index (χ1) is 13.2. The normalized spacial score (nSPS) is 16.0. The zero-order valence-electron chi connectivity index (χ0n) is 15.9. The van der Waals surface area contributed by atoms with Gasteiger partial charge in [-0.25, -0.2) is 9.97 Å². The van der Waals surface area contributed by atoms with Crippen LogP contribution in [0.5, 0.6) is 0 Å². The average Bonchev–Trinajstić information content (AvgIpc) is 3.12. The zero-order chi connectivity index (χ0) is 18.6. The lowest BCUT2D eigenvalue weighted by atomic mass is 9.97. The van der Waals surface area contributed by atoms with Gasteiger partial charge in [0.15, 0.2) is 0 Å². The van der Waals surface area contributed by atoms with Crippen LogP contribution >= 0.6 is 0 Å². The number of fused-ring (bicyclic) bond motifs is 1. The Labute approximate surface area is 160 Å². The summed E-state index contributed by atoms with van der Waals surface area (Å²) in [5.74, 6) is 1.30. The summed E-state index contributed by atoms with van der Waals surface area (Å²) in [5.41, 5.74) is 4.40. The molecule has 5 heteroatoms. The van der Waals surface area contributed by atoms with Gasteiger partial charge in [0.1, 0.15) is 17.3 Å². The minimum absolute atomic E-state index is 0.120. The monoisotopic (exact) mass is 362 g/mol. The molecule has 2 aliphatic rings. The molecular formula is C22H26N4O. The number of aromatic nitrogens is 2. The maximum atomic E-state index is 12.6. The van der Waals surface area contributed by atoms with Crippen LogP contribution in [-0.4, -0.2) is 29.0 Å². The Bertz CT molecular complexity index is 874. The van der Waals surface area contributed by atoms with Gasteiger partial charge in [0.25, 0.3) is 5.91 Å². The van der Waals surface area contributed by atoms with E-state index in [4.69, 9.17) is 0 Å². The molecule has 0 atom stereocenters. The molecular weight excluding hydrogens is 336 g/mol. The number of nitrogens with one attached hydrogen (secondary N) is 1. The fraction of sp³-hybridized carbons (Fsp3) is 0.409. The largest absolute Gasteiger partial charge is 0.350 e. The van der Waals surface area contributed by atoms with Gasteiger partial charge < -0.3 is 10.2 Å². The van der Waals surface area contributed by atoms with Gasteiger partial charge in [-0.15, -0.1) is 0 Å². The summed E-state index contributed by atoms with van der Waals surface area (Å²) in [6, 6.07) is 10.2. The molecule has 0 bridgehead atoms. The van der Waals surface area contributed by atoms with E-state index in [1.807, 2.05) is 19.1 Å². The van der Waals surface area contributed by atoms with Crippen molar-refractivity contribution in [2.75, 3.05) is 18.0 Å². The molecule has 27 heavy (non-hydrogen) atoms. The Balaban J connectivity index is 1.46. The standard InChI is InChI=1S/C22H26N4O/c1-16-24-19(22(27)23-13-11-17-7-3-2-4-8-17)15-21(25-16)26-14-12-18-9-5-6-10-20(18)26/h5-7,9-10,15H,2-4,8,11-14H2,1H3,(H,23,27). The van der Waals surface area contributed by atoms with Crippen LogP contribution < -0.4 is 10.2 Å². The Morgan fingerprint density at radius 2 is 2.07 bits per heavy atom. The predicted molar refractivity (Wildman–Crippen MR) is 107 cm³/mol. The molecule has 140 valence electrons. The summed E-state index contributed by atoms with van der Waals surface area (Å²) in [4.78, 5) is 23.7. The maximum absolute atomic E-state index is 12.6. The van der Waals surface area contributed by atoms with E-state index in [9.17, 15) is 4.79 Å². The van der Waals surface area contributed by atoms with E-state index in [-0.39, 0.29) is 5.91 Å². The van der Waals surface area contributed by atoms with E-state index in [1.165, 1.54) is 42.5 Å². The number of benzene rings is 1. The Kier molecular flexibility index (Phi) is 5.19. The highest BCUT2D eigenvalue weighted by Crippen LogP contribution is 2.33. The third-order valence-electron chi connectivity index (χ3n) is 5.34. The smallest absolute Gasteiger partial charge is 0.270 e. The molecule has 0 saturated heterocycles. The van der Waals surface area contributed by atoms with Gasteiger partial charge in [0.2, 0.25) is 0 Å².